The third kappa shape index (κ3) is 4.15. The standard InChI is InChI=1S/C29H22F2N8O/c30-18-7-5-15(6-8-18)25-26-20(9-10-33-25)36-28(37-26)27-22-21(38-39-27)14-34-24(23(22)31)17-11-19(13-32-12-17)35-29(40)16-3-1-2-4-16/h5-14,16H,1-4H2,(H,35,40)(H,36,37)(H,38,39). The normalized spacial score (nSPS) is 13.8. The number of fused-ring (bicyclic) bond motifs is 2. The number of benzene rings is 1. The van der Waals surface area contributed by atoms with Crippen molar-refractivity contribution in [3.63, 3.8) is 0 Å². The topological polar surface area (TPSA) is 125 Å². The molecule has 9 nitrogen and oxygen atoms in total. The molecular formula is C29H22F2N8O. The average Bonchev–Trinajstić information content (AvgIpc) is 3.73. The van der Waals surface area contributed by atoms with Gasteiger partial charge >= 0.3 is 0 Å². The number of hydrogen-bond acceptors (Lipinski definition) is 6. The van der Waals surface area contributed by atoms with Crippen LogP contribution in [0.25, 0.3) is 56.0 Å². The Bertz CT molecular complexity index is 1890. The molecule has 3 N–H and O–H groups in total. The van der Waals surface area contributed by atoms with E-state index in [2.05, 4.69) is 35.5 Å². The Kier molecular flexibility index (Phi) is 5.76. The maximum atomic E-state index is 16.1. The molecule has 11 heteroatoms. The van der Waals surface area contributed by atoms with E-state index in [1.54, 1.807) is 30.5 Å². The summed E-state index contributed by atoms with van der Waals surface area (Å²) in [4.78, 5) is 33.5. The molecule has 0 unspecified atom stereocenters. The van der Waals surface area contributed by atoms with Gasteiger partial charge in [-0.15, -0.1) is 0 Å². The highest BCUT2D eigenvalue weighted by Crippen LogP contribution is 2.34. The summed E-state index contributed by atoms with van der Waals surface area (Å²) in [6, 6.07) is 9.40. The van der Waals surface area contributed by atoms with Gasteiger partial charge in [0.05, 0.1) is 40.2 Å². The number of anilines is 1. The van der Waals surface area contributed by atoms with E-state index in [0.717, 1.165) is 25.7 Å². The van der Waals surface area contributed by atoms with Crippen molar-refractivity contribution >= 4 is 33.5 Å². The molecule has 1 aromatic carbocycles. The molecule has 6 aromatic rings. The molecule has 5 aromatic heterocycles. The lowest BCUT2D eigenvalue weighted by Crippen LogP contribution is -2.20. The van der Waals surface area contributed by atoms with Gasteiger partial charge in [0.15, 0.2) is 11.6 Å². The van der Waals surface area contributed by atoms with Crippen LogP contribution in [0, 0.1) is 17.6 Å². The lowest BCUT2D eigenvalue weighted by atomic mass is 10.1. The summed E-state index contributed by atoms with van der Waals surface area (Å²) in [5.74, 6) is -0.662. The number of hydrogen-bond donors (Lipinski definition) is 3. The van der Waals surface area contributed by atoms with E-state index in [1.807, 2.05) is 0 Å². The van der Waals surface area contributed by atoms with Gasteiger partial charge in [-0.2, -0.15) is 5.10 Å². The van der Waals surface area contributed by atoms with Gasteiger partial charge in [0.1, 0.15) is 22.7 Å². The van der Waals surface area contributed by atoms with E-state index in [9.17, 15) is 9.18 Å². The van der Waals surface area contributed by atoms with Gasteiger partial charge in [-0.05, 0) is 49.2 Å². The van der Waals surface area contributed by atoms with Crippen molar-refractivity contribution in [3.8, 4) is 34.0 Å². The molecule has 0 aliphatic heterocycles. The molecule has 1 aliphatic carbocycles. The van der Waals surface area contributed by atoms with Crippen LogP contribution in [0.4, 0.5) is 14.5 Å². The Balaban J connectivity index is 1.28. The molecule has 1 saturated carbocycles. The van der Waals surface area contributed by atoms with Crippen LogP contribution in [-0.2, 0) is 4.79 Å². The fourth-order valence-corrected chi connectivity index (χ4v) is 5.28. The Morgan fingerprint density at radius 3 is 2.55 bits per heavy atom. The zero-order valence-electron chi connectivity index (χ0n) is 21.1. The predicted octanol–water partition coefficient (Wildman–Crippen LogP) is 6.03. The van der Waals surface area contributed by atoms with Crippen molar-refractivity contribution in [2.75, 3.05) is 5.32 Å². The SMILES string of the molecule is O=C(Nc1cncc(-c2ncc3[nH]nc(-c4nc5c(-c6ccc(F)cc6)nccc5[nH]4)c3c2F)c1)C1CCCC1. The fraction of sp³-hybridized carbons (Fsp3) is 0.172. The number of nitrogens with zero attached hydrogens (tertiary/aromatic N) is 5. The second kappa shape index (κ2) is 9.60. The first kappa shape index (κ1) is 24.0. The third-order valence-corrected chi connectivity index (χ3v) is 7.29. The van der Waals surface area contributed by atoms with E-state index >= 15 is 4.39 Å². The quantitative estimate of drug-likeness (QED) is 0.247. The molecule has 0 atom stereocenters. The highest BCUT2D eigenvalue weighted by Gasteiger charge is 2.24. The van der Waals surface area contributed by atoms with Crippen molar-refractivity contribution in [1.82, 2.24) is 35.1 Å². The van der Waals surface area contributed by atoms with Gasteiger partial charge in [0.25, 0.3) is 0 Å². The number of H-pyrrole nitrogens is 2. The van der Waals surface area contributed by atoms with Gasteiger partial charge < -0.3 is 10.3 Å². The number of aromatic amines is 2. The summed E-state index contributed by atoms with van der Waals surface area (Å²) < 4.78 is 29.6. The van der Waals surface area contributed by atoms with Gasteiger partial charge in [0, 0.05) is 29.4 Å². The number of halogens is 2. The Hall–Kier alpha value is -5.06. The highest BCUT2D eigenvalue weighted by molar-refractivity contribution is 5.98. The molecule has 1 amide bonds. The number of pyridine rings is 3. The van der Waals surface area contributed by atoms with Crippen molar-refractivity contribution < 1.29 is 13.6 Å². The highest BCUT2D eigenvalue weighted by atomic mass is 19.1. The van der Waals surface area contributed by atoms with Crippen LogP contribution in [0.15, 0.2) is 61.2 Å². The molecule has 5 heterocycles. The lowest BCUT2D eigenvalue weighted by Gasteiger charge is -2.11. The van der Waals surface area contributed by atoms with E-state index < -0.39 is 5.82 Å². The van der Waals surface area contributed by atoms with Crippen molar-refractivity contribution in [3.05, 3.63) is 72.8 Å². The summed E-state index contributed by atoms with van der Waals surface area (Å²) in [6.45, 7) is 0. The Labute approximate surface area is 226 Å². The minimum absolute atomic E-state index is 0.00839. The summed E-state index contributed by atoms with van der Waals surface area (Å²) in [5.41, 5.74) is 4.12. The summed E-state index contributed by atoms with van der Waals surface area (Å²) >= 11 is 0. The van der Waals surface area contributed by atoms with Crippen molar-refractivity contribution in [2.24, 2.45) is 5.92 Å². The Morgan fingerprint density at radius 2 is 1.73 bits per heavy atom. The molecule has 1 fully saturated rings. The van der Waals surface area contributed by atoms with E-state index in [1.165, 1.54) is 30.7 Å². The smallest absolute Gasteiger partial charge is 0.227 e. The molecule has 0 bridgehead atoms. The monoisotopic (exact) mass is 536 g/mol. The predicted molar refractivity (Wildman–Crippen MR) is 146 cm³/mol. The largest absolute Gasteiger partial charge is 0.336 e. The van der Waals surface area contributed by atoms with Crippen LogP contribution >= 0.6 is 0 Å². The minimum atomic E-state index is -0.598. The van der Waals surface area contributed by atoms with Crippen LogP contribution in [0.3, 0.4) is 0 Å². The maximum absolute atomic E-state index is 16.1. The van der Waals surface area contributed by atoms with Crippen LogP contribution in [0.5, 0.6) is 0 Å². The van der Waals surface area contributed by atoms with Crippen LogP contribution < -0.4 is 5.32 Å². The maximum Gasteiger partial charge on any atom is 0.227 e. The molecule has 0 saturated heterocycles. The molecule has 7 rings (SSSR count). The van der Waals surface area contributed by atoms with E-state index in [-0.39, 0.29) is 34.4 Å². The molecule has 0 radical (unpaired) electrons. The number of carbonyl (C=O) groups excluding carboxylic acids is 1. The first-order valence-corrected chi connectivity index (χ1v) is 12.9. The van der Waals surface area contributed by atoms with Gasteiger partial charge in [-0.3, -0.25) is 24.8 Å². The zero-order valence-corrected chi connectivity index (χ0v) is 21.1. The third-order valence-electron chi connectivity index (χ3n) is 7.29. The first-order valence-electron chi connectivity index (χ1n) is 12.9. The number of aromatic nitrogens is 7. The molecular weight excluding hydrogens is 514 g/mol. The zero-order chi connectivity index (χ0) is 27.2. The lowest BCUT2D eigenvalue weighted by molar-refractivity contribution is -0.119. The van der Waals surface area contributed by atoms with Gasteiger partial charge in [0.2, 0.25) is 5.91 Å². The van der Waals surface area contributed by atoms with Gasteiger partial charge in [-0.1, -0.05) is 12.8 Å². The first-order chi connectivity index (χ1) is 19.5. The molecule has 1 aliphatic rings. The molecule has 0 spiro atoms. The number of imidazole rings is 1. The summed E-state index contributed by atoms with van der Waals surface area (Å²) in [6.07, 6.45) is 10.0. The van der Waals surface area contributed by atoms with Crippen molar-refractivity contribution in [1.29, 1.82) is 0 Å². The Morgan fingerprint density at radius 1 is 0.900 bits per heavy atom. The van der Waals surface area contributed by atoms with E-state index in [0.29, 0.717) is 44.9 Å². The van der Waals surface area contributed by atoms with Crippen LogP contribution in [0.1, 0.15) is 25.7 Å². The van der Waals surface area contributed by atoms with Gasteiger partial charge in [-0.25, -0.2) is 13.8 Å². The summed E-state index contributed by atoms with van der Waals surface area (Å²) in [5, 5.41) is 10.3. The summed E-state index contributed by atoms with van der Waals surface area (Å²) in [7, 11) is 0. The number of rotatable bonds is 5. The molecule has 198 valence electrons. The fourth-order valence-electron chi connectivity index (χ4n) is 5.28. The second-order valence-corrected chi connectivity index (χ2v) is 9.86. The number of nitrogens with one attached hydrogen (secondary N) is 3. The molecule has 40 heavy (non-hydrogen) atoms. The van der Waals surface area contributed by atoms with Crippen molar-refractivity contribution in [2.45, 2.75) is 25.7 Å². The van der Waals surface area contributed by atoms with Crippen LogP contribution in [-0.4, -0.2) is 41.0 Å². The minimum Gasteiger partial charge on any atom is -0.336 e. The second-order valence-electron chi connectivity index (χ2n) is 9.86. The number of amides is 1. The van der Waals surface area contributed by atoms with E-state index in [4.69, 9.17) is 4.98 Å². The van der Waals surface area contributed by atoms with Crippen LogP contribution in [0.2, 0.25) is 0 Å². The average molecular weight is 537 g/mol. The number of carbonyl (C=O) groups is 1.